The maximum atomic E-state index is 12.5. The lowest BCUT2D eigenvalue weighted by Crippen LogP contribution is -2.49. The summed E-state index contributed by atoms with van der Waals surface area (Å²) in [5.41, 5.74) is 0. The van der Waals surface area contributed by atoms with Crippen LogP contribution in [-0.2, 0) is 4.79 Å². The summed E-state index contributed by atoms with van der Waals surface area (Å²) in [6.45, 7) is 5.51. The average molecular weight is 321 g/mol. The van der Waals surface area contributed by atoms with Gasteiger partial charge in [-0.3, -0.25) is 4.79 Å². The Morgan fingerprint density at radius 1 is 0.826 bits per heavy atom. The van der Waals surface area contributed by atoms with Crippen molar-refractivity contribution in [2.75, 3.05) is 26.2 Å². The van der Waals surface area contributed by atoms with Crippen molar-refractivity contribution >= 4 is 11.9 Å². The van der Waals surface area contributed by atoms with Gasteiger partial charge in [0.2, 0.25) is 5.91 Å². The van der Waals surface area contributed by atoms with Gasteiger partial charge in [-0.2, -0.15) is 0 Å². The van der Waals surface area contributed by atoms with Crippen molar-refractivity contribution in [3.05, 3.63) is 0 Å². The monoisotopic (exact) mass is 321 g/mol. The van der Waals surface area contributed by atoms with Crippen LogP contribution >= 0.6 is 0 Å². The van der Waals surface area contributed by atoms with E-state index in [9.17, 15) is 9.59 Å². The molecule has 0 spiro atoms. The summed E-state index contributed by atoms with van der Waals surface area (Å²) in [7, 11) is 0. The molecule has 130 valence electrons. The molecule has 0 radical (unpaired) electrons. The number of likely N-dealkylation sites (tertiary alicyclic amines) is 2. The molecule has 3 aliphatic rings. The van der Waals surface area contributed by atoms with E-state index in [1.54, 1.807) is 0 Å². The van der Waals surface area contributed by atoms with Crippen LogP contribution in [0.25, 0.3) is 0 Å². The van der Waals surface area contributed by atoms with E-state index < -0.39 is 0 Å². The van der Waals surface area contributed by atoms with Crippen LogP contribution in [0.4, 0.5) is 4.79 Å². The molecule has 0 aromatic carbocycles. The van der Waals surface area contributed by atoms with Crippen LogP contribution in [0.2, 0.25) is 0 Å². The molecule has 5 nitrogen and oxygen atoms in total. The van der Waals surface area contributed by atoms with Gasteiger partial charge in [0, 0.05) is 38.1 Å². The topological polar surface area (TPSA) is 52.7 Å². The number of amides is 3. The van der Waals surface area contributed by atoms with Gasteiger partial charge >= 0.3 is 6.03 Å². The van der Waals surface area contributed by atoms with Gasteiger partial charge in [0.1, 0.15) is 0 Å². The van der Waals surface area contributed by atoms with Crippen LogP contribution in [0.15, 0.2) is 0 Å². The molecule has 1 aliphatic carbocycles. The molecule has 0 aromatic heterocycles. The second kappa shape index (κ2) is 7.54. The second-order valence-electron chi connectivity index (χ2n) is 7.61. The average Bonchev–Trinajstić information content (AvgIpc) is 3.11. The molecule has 2 aliphatic heterocycles. The van der Waals surface area contributed by atoms with Gasteiger partial charge in [0.15, 0.2) is 0 Å². The summed E-state index contributed by atoms with van der Waals surface area (Å²) < 4.78 is 0. The van der Waals surface area contributed by atoms with E-state index in [2.05, 4.69) is 12.2 Å². The molecule has 2 heterocycles. The number of nitrogens with one attached hydrogen (secondary N) is 1. The molecule has 2 saturated heterocycles. The highest BCUT2D eigenvalue weighted by atomic mass is 16.2. The van der Waals surface area contributed by atoms with Crippen molar-refractivity contribution in [2.45, 2.75) is 64.3 Å². The molecule has 1 saturated carbocycles. The predicted molar refractivity (Wildman–Crippen MR) is 90.1 cm³/mol. The molecule has 23 heavy (non-hydrogen) atoms. The summed E-state index contributed by atoms with van der Waals surface area (Å²) >= 11 is 0. The third-order valence-electron chi connectivity index (χ3n) is 5.95. The zero-order valence-electron chi connectivity index (χ0n) is 14.4. The van der Waals surface area contributed by atoms with Gasteiger partial charge in [-0.1, -0.05) is 19.8 Å². The highest BCUT2D eigenvalue weighted by molar-refractivity contribution is 5.80. The lowest BCUT2D eigenvalue weighted by molar-refractivity contribution is -0.127. The first kappa shape index (κ1) is 16.6. The first-order chi connectivity index (χ1) is 11.1. The minimum Gasteiger partial charge on any atom is -0.353 e. The number of rotatable bonds is 2. The molecular formula is C18H31N3O2. The lowest BCUT2D eigenvalue weighted by atomic mass is 9.85. The van der Waals surface area contributed by atoms with Crippen LogP contribution in [0, 0.1) is 11.8 Å². The highest BCUT2D eigenvalue weighted by Crippen LogP contribution is 2.25. The van der Waals surface area contributed by atoms with Crippen LogP contribution in [0.1, 0.15) is 58.3 Å². The summed E-state index contributed by atoms with van der Waals surface area (Å²) in [4.78, 5) is 28.8. The summed E-state index contributed by atoms with van der Waals surface area (Å²) in [6.07, 6.45) is 8.77. The van der Waals surface area contributed by atoms with Gasteiger partial charge in [-0.25, -0.2) is 4.79 Å². The molecule has 0 bridgehead atoms. The maximum Gasteiger partial charge on any atom is 0.319 e. The summed E-state index contributed by atoms with van der Waals surface area (Å²) in [5.74, 6) is 0.910. The third-order valence-corrected chi connectivity index (χ3v) is 5.95. The van der Waals surface area contributed by atoms with E-state index in [4.69, 9.17) is 0 Å². The van der Waals surface area contributed by atoms with Crippen molar-refractivity contribution in [1.82, 2.24) is 15.1 Å². The van der Waals surface area contributed by atoms with Crippen LogP contribution < -0.4 is 5.32 Å². The molecule has 0 unspecified atom stereocenters. The fourth-order valence-corrected chi connectivity index (χ4v) is 4.27. The molecule has 0 aromatic rings. The Labute approximate surface area is 139 Å². The number of hydrogen-bond donors (Lipinski definition) is 1. The largest absolute Gasteiger partial charge is 0.353 e. The normalized spacial score (nSPS) is 29.6. The molecular weight excluding hydrogens is 290 g/mol. The lowest BCUT2D eigenvalue weighted by Gasteiger charge is -2.35. The zero-order chi connectivity index (χ0) is 16.2. The SMILES string of the molecule is C[C@@H]1CCCC[C@@H]1NC(=O)C1CCN(C(=O)N2CCCC2)CC1. The van der Waals surface area contributed by atoms with Gasteiger partial charge in [-0.05, 0) is 44.4 Å². The standard InChI is InChI=1S/C18H31N3O2/c1-14-6-2-3-7-16(14)19-17(22)15-8-12-21(13-9-15)18(23)20-10-4-5-11-20/h14-16H,2-13H2,1H3,(H,19,22)/t14-,16+/m1/s1. The van der Waals surface area contributed by atoms with Crippen molar-refractivity contribution in [3.8, 4) is 0 Å². The van der Waals surface area contributed by atoms with Crippen molar-refractivity contribution in [2.24, 2.45) is 11.8 Å². The number of carbonyl (C=O) groups excluding carboxylic acids is 2. The highest BCUT2D eigenvalue weighted by Gasteiger charge is 2.32. The quantitative estimate of drug-likeness (QED) is 0.850. The molecule has 5 heteroatoms. The summed E-state index contributed by atoms with van der Waals surface area (Å²) in [5, 5.41) is 3.28. The Kier molecular flexibility index (Phi) is 5.44. The molecule has 3 fully saturated rings. The van der Waals surface area contributed by atoms with Gasteiger partial charge in [-0.15, -0.1) is 0 Å². The van der Waals surface area contributed by atoms with Crippen LogP contribution in [0.3, 0.4) is 0 Å². The van der Waals surface area contributed by atoms with Crippen molar-refractivity contribution in [3.63, 3.8) is 0 Å². The maximum absolute atomic E-state index is 12.5. The fourth-order valence-electron chi connectivity index (χ4n) is 4.27. The zero-order valence-corrected chi connectivity index (χ0v) is 14.4. The number of hydrogen-bond acceptors (Lipinski definition) is 2. The smallest absolute Gasteiger partial charge is 0.319 e. The van der Waals surface area contributed by atoms with Gasteiger partial charge in [0.25, 0.3) is 0 Å². The summed E-state index contributed by atoms with van der Waals surface area (Å²) in [6, 6.07) is 0.544. The van der Waals surface area contributed by atoms with E-state index in [-0.39, 0.29) is 17.9 Å². The molecule has 1 N–H and O–H groups in total. The number of nitrogens with zero attached hydrogens (tertiary/aromatic N) is 2. The minimum absolute atomic E-state index is 0.0896. The Morgan fingerprint density at radius 3 is 2.09 bits per heavy atom. The number of piperidine rings is 1. The number of carbonyl (C=O) groups is 2. The van der Waals surface area contributed by atoms with Crippen LogP contribution in [0.5, 0.6) is 0 Å². The van der Waals surface area contributed by atoms with E-state index in [0.29, 0.717) is 12.0 Å². The first-order valence-electron chi connectivity index (χ1n) is 9.49. The Balaban J connectivity index is 1.44. The third kappa shape index (κ3) is 3.99. The molecule has 3 rings (SSSR count). The van der Waals surface area contributed by atoms with E-state index in [1.807, 2.05) is 9.80 Å². The van der Waals surface area contributed by atoms with E-state index in [0.717, 1.165) is 58.3 Å². The first-order valence-corrected chi connectivity index (χ1v) is 9.49. The predicted octanol–water partition coefficient (Wildman–Crippen LogP) is 2.61. The minimum atomic E-state index is 0.0896. The molecule has 3 amide bonds. The molecule has 2 atom stereocenters. The van der Waals surface area contributed by atoms with Crippen LogP contribution in [-0.4, -0.2) is 54.0 Å². The Morgan fingerprint density at radius 2 is 1.43 bits per heavy atom. The fraction of sp³-hybridized carbons (Fsp3) is 0.889. The Hall–Kier alpha value is -1.26. The number of urea groups is 1. The van der Waals surface area contributed by atoms with Gasteiger partial charge < -0.3 is 15.1 Å². The second-order valence-corrected chi connectivity index (χ2v) is 7.61. The van der Waals surface area contributed by atoms with Crippen molar-refractivity contribution in [1.29, 1.82) is 0 Å². The van der Waals surface area contributed by atoms with E-state index in [1.165, 1.54) is 19.3 Å². The van der Waals surface area contributed by atoms with E-state index >= 15 is 0 Å². The van der Waals surface area contributed by atoms with Crippen molar-refractivity contribution < 1.29 is 9.59 Å². The Bertz CT molecular complexity index is 426. The van der Waals surface area contributed by atoms with Gasteiger partial charge in [0.05, 0.1) is 0 Å².